The molecule has 1 aromatic carbocycles. The molecule has 1 N–H and O–H groups in total. The van der Waals surface area contributed by atoms with E-state index in [-0.39, 0.29) is 0 Å². The fourth-order valence-corrected chi connectivity index (χ4v) is 3.35. The van der Waals surface area contributed by atoms with E-state index >= 15 is 0 Å². The molecule has 0 spiro atoms. The maximum atomic E-state index is 3.42. The zero-order valence-corrected chi connectivity index (χ0v) is 10.6. The van der Waals surface area contributed by atoms with E-state index in [1.165, 1.54) is 20.0 Å². The summed E-state index contributed by atoms with van der Waals surface area (Å²) in [5, 5.41) is 3.42. The molecule has 1 heterocycles. The van der Waals surface area contributed by atoms with Crippen LogP contribution < -0.4 is 14.0 Å². The zero-order chi connectivity index (χ0) is 8.72. The molecule has 2 rings (SSSR count). The minimum atomic E-state index is 0.659. The summed E-state index contributed by atoms with van der Waals surface area (Å²) in [4.78, 5) is 0. The summed E-state index contributed by atoms with van der Waals surface area (Å²) >= 11 is 5.23. The second-order valence-electron chi connectivity index (χ2n) is 3.21. The molecule has 60 valence electrons. The van der Waals surface area contributed by atoms with E-state index in [2.05, 4.69) is 58.1 Å². The molecular weight excluding hydrogens is 272 g/mol. The first-order valence-corrected chi connectivity index (χ1v) is 5.86. The number of benzene rings is 1. The Kier molecular flexibility index (Phi) is 2.27. The molecular formula is C9H9As2N. The van der Waals surface area contributed by atoms with Crippen molar-refractivity contribution in [3.8, 4) is 0 Å². The van der Waals surface area contributed by atoms with Crippen molar-refractivity contribution in [2.75, 3.05) is 11.9 Å². The molecule has 1 aliphatic rings. The van der Waals surface area contributed by atoms with Crippen LogP contribution in [-0.2, 0) is 0 Å². The second-order valence-corrected chi connectivity index (χ2v) is 5.31. The van der Waals surface area contributed by atoms with Gasteiger partial charge in [-0.1, -0.05) is 0 Å². The van der Waals surface area contributed by atoms with Crippen LogP contribution >= 0.6 is 0 Å². The van der Waals surface area contributed by atoms with Gasteiger partial charge in [0.05, 0.1) is 0 Å². The van der Waals surface area contributed by atoms with Gasteiger partial charge in [-0.15, -0.1) is 0 Å². The molecule has 0 saturated carbocycles. The van der Waals surface area contributed by atoms with Crippen LogP contribution in [0.25, 0.3) is 0 Å². The Morgan fingerprint density at radius 1 is 1.42 bits per heavy atom. The van der Waals surface area contributed by atoms with Gasteiger partial charge in [0.1, 0.15) is 0 Å². The zero-order valence-electron chi connectivity index (χ0n) is 6.83. The maximum absolute atomic E-state index is 3.42. The normalized spacial score (nSPS) is 20.4. The SMILES string of the molecule is CC1CNc2c([As])cc([As])cc21. The summed E-state index contributed by atoms with van der Waals surface area (Å²) in [6, 6.07) is 4.45. The van der Waals surface area contributed by atoms with E-state index in [1.54, 1.807) is 0 Å². The summed E-state index contributed by atoms with van der Waals surface area (Å²) in [6.07, 6.45) is 0. The van der Waals surface area contributed by atoms with Crippen LogP contribution in [0.2, 0.25) is 0 Å². The van der Waals surface area contributed by atoms with E-state index in [0.29, 0.717) is 5.92 Å². The number of anilines is 1. The molecule has 0 saturated heterocycles. The molecule has 1 aromatic rings. The van der Waals surface area contributed by atoms with Gasteiger partial charge < -0.3 is 0 Å². The van der Waals surface area contributed by atoms with Crippen molar-refractivity contribution in [2.45, 2.75) is 12.8 Å². The molecule has 0 fully saturated rings. The van der Waals surface area contributed by atoms with Crippen LogP contribution in [0.15, 0.2) is 12.1 Å². The van der Waals surface area contributed by atoms with Gasteiger partial charge in [-0.2, -0.15) is 0 Å². The van der Waals surface area contributed by atoms with Crippen molar-refractivity contribution in [3.05, 3.63) is 17.7 Å². The van der Waals surface area contributed by atoms with E-state index < -0.39 is 0 Å². The molecule has 0 aliphatic carbocycles. The predicted octanol–water partition coefficient (Wildman–Crippen LogP) is -0.197. The molecule has 1 nitrogen and oxygen atoms in total. The number of nitrogens with one attached hydrogen (secondary N) is 1. The molecule has 3 heteroatoms. The van der Waals surface area contributed by atoms with Crippen LogP contribution in [0, 0.1) is 0 Å². The van der Waals surface area contributed by atoms with Crippen LogP contribution in [-0.4, -0.2) is 40.3 Å². The van der Waals surface area contributed by atoms with Crippen LogP contribution in [0.5, 0.6) is 0 Å². The van der Waals surface area contributed by atoms with Crippen molar-refractivity contribution in [1.82, 2.24) is 0 Å². The Bertz CT molecular complexity index is 323. The van der Waals surface area contributed by atoms with Crippen molar-refractivity contribution < 1.29 is 0 Å². The monoisotopic (exact) mass is 281 g/mol. The number of hydrogen-bond acceptors (Lipinski definition) is 1. The Morgan fingerprint density at radius 3 is 2.92 bits per heavy atom. The third kappa shape index (κ3) is 1.34. The minimum absolute atomic E-state index is 0.659. The summed E-state index contributed by atoms with van der Waals surface area (Å²) in [6.45, 7) is 3.34. The van der Waals surface area contributed by atoms with Gasteiger partial charge in [-0.3, -0.25) is 0 Å². The van der Waals surface area contributed by atoms with Gasteiger partial charge in [-0.05, 0) is 0 Å². The van der Waals surface area contributed by atoms with Crippen LogP contribution in [0.1, 0.15) is 18.4 Å². The van der Waals surface area contributed by atoms with Crippen LogP contribution in [0.3, 0.4) is 0 Å². The molecule has 12 heavy (non-hydrogen) atoms. The van der Waals surface area contributed by atoms with Crippen molar-refractivity contribution in [1.29, 1.82) is 0 Å². The summed E-state index contributed by atoms with van der Waals surface area (Å²) in [7, 11) is 0. The first-order chi connectivity index (χ1) is 5.68. The summed E-state index contributed by atoms with van der Waals surface area (Å²) in [5.74, 6) is 0.659. The Morgan fingerprint density at radius 2 is 2.17 bits per heavy atom. The van der Waals surface area contributed by atoms with Crippen molar-refractivity contribution >= 4 is 48.1 Å². The molecule has 4 radical (unpaired) electrons. The Hall–Kier alpha value is 0.137. The number of hydrogen-bond donors (Lipinski definition) is 1. The molecule has 0 amide bonds. The molecule has 1 aliphatic heterocycles. The van der Waals surface area contributed by atoms with E-state index in [4.69, 9.17) is 0 Å². The Balaban J connectivity index is 2.60. The number of rotatable bonds is 0. The standard InChI is InChI=1S/C9H9As2N/c1-5-4-12-9-7(5)2-6(10)3-8(9)11/h2-3,5,12H,4H2,1H3. The molecule has 0 aromatic heterocycles. The van der Waals surface area contributed by atoms with Crippen molar-refractivity contribution in [2.24, 2.45) is 0 Å². The van der Waals surface area contributed by atoms with Crippen molar-refractivity contribution in [3.63, 3.8) is 0 Å². The average molecular weight is 281 g/mol. The average Bonchev–Trinajstić information content (AvgIpc) is 2.33. The van der Waals surface area contributed by atoms with Gasteiger partial charge >= 0.3 is 90.5 Å². The van der Waals surface area contributed by atoms with Gasteiger partial charge in [0, 0.05) is 0 Å². The second kappa shape index (κ2) is 3.12. The van der Waals surface area contributed by atoms with Crippen LogP contribution in [0.4, 0.5) is 5.69 Å². The van der Waals surface area contributed by atoms with Gasteiger partial charge in [0.25, 0.3) is 0 Å². The number of fused-ring (bicyclic) bond motifs is 1. The fourth-order valence-electron chi connectivity index (χ4n) is 1.58. The van der Waals surface area contributed by atoms with E-state index in [1.807, 2.05) is 0 Å². The van der Waals surface area contributed by atoms with E-state index in [9.17, 15) is 0 Å². The summed E-state index contributed by atoms with van der Waals surface area (Å²) in [5.41, 5.74) is 2.79. The predicted molar refractivity (Wildman–Crippen MR) is 54.1 cm³/mol. The first kappa shape index (κ1) is 8.72. The van der Waals surface area contributed by atoms with Gasteiger partial charge in [-0.25, -0.2) is 0 Å². The molecule has 0 bridgehead atoms. The Labute approximate surface area is 90.3 Å². The van der Waals surface area contributed by atoms with E-state index in [0.717, 1.165) is 6.54 Å². The fraction of sp³-hybridized carbons (Fsp3) is 0.333. The first-order valence-electron chi connectivity index (χ1n) is 3.98. The van der Waals surface area contributed by atoms with Gasteiger partial charge in [0.15, 0.2) is 0 Å². The summed E-state index contributed by atoms with van der Waals surface area (Å²) < 4.78 is 2.60. The molecule has 1 atom stereocenters. The van der Waals surface area contributed by atoms with Gasteiger partial charge in [0.2, 0.25) is 0 Å². The quantitative estimate of drug-likeness (QED) is 0.650. The third-order valence-corrected chi connectivity index (χ3v) is 3.53. The molecule has 1 unspecified atom stereocenters. The topological polar surface area (TPSA) is 12.0 Å². The third-order valence-electron chi connectivity index (χ3n) is 2.25.